The Balaban J connectivity index is 1.79. The molecule has 0 aromatic heterocycles. The summed E-state index contributed by atoms with van der Waals surface area (Å²) >= 11 is 0. The maximum Gasteiger partial charge on any atom is 0.0962 e. The average Bonchev–Trinajstić information content (AvgIpc) is 2.37. The number of ether oxygens (including phenoxy) is 1. The summed E-state index contributed by atoms with van der Waals surface area (Å²) in [6.07, 6.45) is 1.40. The largest absolute Gasteiger partial charge is 0.390 e. The lowest BCUT2D eigenvalue weighted by atomic mass is 10.0. The maximum absolute atomic E-state index is 10.1. The van der Waals surface area contributed by atoms with Crippen LogP contribution in [0.15, 0.2) is 30.3 Å². The molecule has 3 atom stereocenters. The number of nitrogens with one attached hydrogen (secondary N) is 1. The third-order valence-corrected chi connectivity index (χ3v) is 3.19. The molecule has 3 heteroatoms. The molecule has 0 saturated carbocycles. The highest BCUT2D eigenvalue weighted by molar-refractivity contribution is 5.14. The van der Waals surface area contributed by atoms with Crippen LogP contribution in [0, 0.1) is 0 Å². The van der Waals surface area contributed by atoms with Gasteiger partial charge in [0, 0.05) is 13.1 Å². The fourth-order valence-corrected chi connectivity index (χ4v) is 2.20. The second-order valence-corrected chi connectivity index (χ2v) is 4.74. The molecule has 1 saturated heterocycles. The van der Waals surface area contributed by atoms with Crippen LogP contribution in [0.1, 0.15) is 18.9 Å². The van der Waals surface area contributed by atoms with E-state index in [1.54, 1.807) is 0 Å². The third kappa shape index (κ3) is 3.80. The minimum absolute atomic E-state index is 0.0672. The van der Waals surface area contributed by atoms with Gasteiger partial charge >= 0.3 is 0 Å². The number of benzene rings is 1. The number of rotatable bonds is 4. The summed E-state index contributed by atoms with van der Waals surface area (Å²) in [7, 11) is 0. The molecular formula is C14H21NO2. The molecule has 94 valence electrons. The van der Waals surface area contributed by atoms with Crippen LogP contribution in [0.4, 0.5) is 0 Å². The highest BCUT2D eigenvalue weighted by Gasteiger charge is 2.25. The first-order valence-corrected chi connectivity index (χ1v) is 6.34. The second-order valence-electron chi connectivity index (χ2n) is 4.74. The van der Waals surface area contributed by atoms with Gasteiger partial charge in [0.25, 0.3) is 0 Å². The molecule has 1 aliphatic rings. The van der Waals surface area contributed by atoms with Crippen molar-refractivity contribution in [1.82, 2.24) is 5.32 Å². The van der Waals surface area contributed by atoms with Crippen molar-refractivity contribution in [3.63, 3.8) is 0 Å². The fraction of sp³-hybridized carbons (Fsp3) is 0.571. The normalized spacial score (nSPS) is 26.7. The molecule has 3 nitrogen and oxygen atoms in total. The fourth-order valence-electron chi connectivity index (χ4n) is 2.20. The van der Waals surface area contributed by atoms with Crippen LogP contribution in [0.5, 0.6) is 0 Å². The highest BCUT2D eigenvalue weighted by Crippen LogP contribution is 2.13. The molecule has 1 aliphatic heterocycles. The minimum atomic E-state index is -0.384. The van der Waals surface area contributed by atoms with E-state index in [2.05, 4.69) is 17.4 Å². The first-order chi connectivity index (χ1) is 8.25. The number of hydrogen-bond acceptors (Lipinski definition) is 3. The van der Waals surface area contributed by atoms with E-state index in [1.807, 2.05) is 25.1 Å². The molecule has 1 fully saturated rings. The van der Waals surface area contributed by atoms with Gasteiger partial charge in [0.05, 0.1) is 18.3 Å². The van der Waals surface area contributed by atoms with Gasteiger partial charge in [0.15, 0.2) is 0 Å². The van der Waals surface area contributed by atoms with Crippen molar-refractivity contribution >= 4 is 0 Å². The van der Waals surface area contributed by atoms with Crippen LogP contribution in [-0.2, 0) is 11.2 Å². The average molecular weight is 235 g/mol. The second kappa shape index (κ2) is 6.15. The SMILES string of the molecule is C[C@@H]1CNC[C@H]([C@@H](O)CCc2ccccc2)O1. The zero-order valence-electron chi connectivity index (χ0n) is 10.3. The van der Waals surface area contributed by atoms with Crippen molar-refractivity contribution < 1.29 is 9.84 Å². The quantitative estimate of drug-likeness (QED) is 0.828. The number of aliphatic hydroxyl groups is 1. The van der Waals surface area contributed by atoms with Gasteiger partial charge in [0.1, 0.15) is 0 Å². The van der Waals surface area contributed by atoms with Gasteiger partial charge in [-0.1, -0.05) is 30.3 Å². The Hall–Kier alpha value is -0.900. The van der Waals surface area contributed by atoms with E-state index in [0.29, 0.717) is 0 Å². The Labute approximate surface area is 103 Å². The summed E-state index contributed by atoms with van der Waals surface area (Å²) in [6, 6.07) is 10.3. The van der Waals surface area contributed by atoms with Gasteiger partial charge in [-0.05, 0) is 25.3 Å². The van der Waals surface area contributed by atoms with Crippen LogP contribution >= 0.6 is 0 Å². The van der Waals surface area contributed by atoms with E-state index < -0.39 is 0 Å². The number of aryl methyl sites for hydroxylation is 1. The molecule has 0 radical (unpaired) electrons. The maximum atomic E-state index is 10.1. The molecule has 0 amide bonds. The zero-order chi connectivity index (χ0) is 12.1. The molecule has 2 rings (SSSR count). The first-order valence-electron chi connectivity index (χ1n) is 6.34. The summed E-state index contributed by atoms with van der Waals surface area (Å²) in [4.78, 5) is 0. The Kier molecular flexibility index (Phi) is 4.54. The van der Waals surface area contributed by atoms with Crippen molar-refractivity contribution in [1.29, 1.82) is 0 Å². The van der Waals surface area contributed by atoms with E-state index in [4.69, 9.17) is 4.74 Å². The predicted octanol–water partition coefficient (Wildman–Crippen LogP) is 1.36. The Bertz CT molecular complexity index is 328. The summed E-state index contributed by atoms with van der Waals surface area (Å²) < 4.78 is 5.72. The van der Waals surface area contributed by atoms with Crippen LogP contribution < -0.4 is 5.32 Å². The van der Waals surface area contributed by atoms with Crippen LogP contribution in [0.2, 0.25) is 0 Å². The molecule has 0 aliphatic carbocycles. The van der Waals surface area contributed by atoms with Gasteiger partial charge < -0.3 is 15.2 Å². The van der Waals surface area contributed by atoms with Crippen molar-refractivity contribution in [2.75, 3.05) is 13.1 Å². The van der Waals surface area contributed by atoms with Crippen molar-refractivity contribution in [3.8, 4) is 0 Å². The molecule has 1 aromatic carbocycles. The van der Waals surface area contributed by atoms with Gasteiger partial charge in [0.2, 0.25) is 0 Å². The van der Waals surface area contributed by atoms with Gasteiger partial charge in [-0.2, -0.15) is 0 Å². The van der Waals surface area contributed by atoms with E-state index in [9.17, 15) is 5.11 Å². The van der Waals surface area contributed by atoms with Crippen molar-refractivity contribution in [2.45, 2.75) is 38.1 Å². The van der Waals surface area contributed by atoms with Gasteiger partial charge in [-0.25, -0.2) is 0 Å². The molecule has 17 heavy (non-hydrogen) atoms. The Morgan fingerprint density at radius 1 is 1.35 bits per heavy atom. The van der Waals surface area contributed by atoms with Gasteiger partial charge in [-0.15, -0.1) is 0 Å². The highest BCUT2D eigenvalue weighted by atomic mass is 16.5. The third-order valence-electron chi connectivity index (χ3n) is 3.19. The lowest BCUT2D eigenvalue weighted by molar-refractivity contribution is -0.0897. The van der Waals surface area contributed by atoms with Crippen LogP contribution in [-0.4, -0.2) is 36.5 Å². The van der Waals surface area contributed by atoms with E-state index in [0.717, 1.165) is 25.9 Å². The zero-order valence-corrected chi connectivity index (χ0v) is 10.3. The van der Waals surface area contributed by atoms with Crippen LogP contribution in [0.3, 0.4) is 0 Å². The summed E-state index contributed by atoms with van der Waals surface area (Å²) in [5.74, 6) is 0. The summed E-state index contributed by atoms with van der Waals surface area (Å²) in [5, 5.41) is 13.4. The number of morpholine rings is 1. The minimum Gasteiger partial charge on any atom is -0.390 e. The van der Waals surface area contributed by atoms with E-state index in [-0.39, 0.29) is 18.3 Å². The molecule has 1 heterocycles. The van der Waals surface area contributed by atoms with Crippen molar-refractivity contribution in [3.05, 3.63) is 35.9 Å². The topological polar surface area (TPSA) is 41.5 Å². The van der Waals surface area contributed by atoms with Crippen LogP contribution in [0.25, 0.3) is 0 Å². The Morgan fingerprint density at radius 3 is 2.82 bits per heavy atom. The lowest BCUT2D eigenvalue weighted by Gasteiger charge is -2.32. The molecule has 0 bridgehead atoms. The van der Waals surface area contributed by atoms with E-state index >= 15 is 0 Å². The first kappa shape index (κ1) is 12.6. The number of hydrogen-bond donors (Lipinski definition) is 2. The molecular weight excluding hydrogens is 214 g/mol. The van der Waals surface area contributed by atoms with Crippen molar-refractivity contribution in [2.24, 2.45) is 0 Å². The predicted molar refractivity (Wildman–Crippen MR) is 68.0 cm³/mol. The van der Waals surface area contributed by atoms with Gasteiger partial charge in [-0.3, -0.25) is 0 Å². The lowest BCUT2D eigenvalue weighted by Crippen LogP contribution is -2.48. The summed E-state index contributed by atoms with van der Waals surface area (Å²) in [5.41, 5.74) is 1.27. The molecule has 2 N–H and O–H groups in total. The Morgan fingerprint density at radius 2 is 2.12 bits per heavy atom. The smallest absolute Gasteiger partial charge is 0.0962 e. The monoisotopic (exact) mass is 235 g/mol. The molecule has 0 unspecified atom stereocenters. The molecule has 1 aromatic rings. The van der Waals surface area contributed by atoms with E-state index in [1.165, 1.54) is 5.56 Å². The molecule has 0 spiro atoms. The number of aliphatic hydroxyl groups excluding tert-OH is 1. The standard InChI is InChI=1S/C14H21NO2/c1-11-9-15-10-14(17-11)13(16)8-7-12-5-3-2-4-6-12/h2-6,11,13-16H,7-10H2,1H3/t11-,13+,14-/m1/s1. The summed E-state index contributed by atoms with van der Waals surface area (Å²) in [6.45, 7) is 3.66.